The first-order chi connectivity index (χ1) is 20.4. The highest BCUT2D eigenvalue weighted by Crippen LogP contribution is 2.37. The molecule has 0 radical (unpaired) electrons. The molecule has 4 aromatic rings. The number of carbonyl (C=O) groups is 3. The van der Waals surface area contributed by atoms with E-state index in [1.54, 1.807) is 11.0 Å². The molecule has 3 amide bonds. The van der Waals surface area contributed by atoms with Crippen LogP contribution in [0.25, 0.3) is 22.4 Å². The van der Waals surface area contributed by atoms with Gasteiger partial charge in [0, 0.05) is 58.1 Å². The van der Waals surface area contributed by atoms with Crippen LogP contribution >= 0.6 is 0 Å². The number of nitrogens with zero attached hydrogens (tertiary/aromatic N) is 3. The summed E-state index contributed by atoms with van der Waals surface area (Å²) in [4.78, 5) is 51.9. The molecule has 1 aliphatic heterocycles. The second-order valence-corrected chi connectivity index (χ2v) is 10.2. The number of aromatic nitrogens is 3. The molecule has 5 rings (SSSR count). The first-order valence-electron chi connectivity index (χ1n) is 14.1. The van der Waals surface area contributed by atoms with Crippen molar-refractivity contribution in [3.8, 4) is 11.4 Å². The van der Waals surface area contributed by atoms with Crippen LogP contribution in [0.2, 0.25) is 0 Å². The molecule has 0 aliphatic carbocycles. The Hall–Kier alpha value is -4.93. The first kappa shape index (κ1) is 28.6. The predicted molar refractivity (Wildman–Crippen MR) is 160 cm³/mol. The van der Waals surface area contributed by atoms with E-state index < -0.39 is 11.7 Å². The van der Waals surface area contributed by atoms with Gasteiger partial charge in [0.15, 0.2) is 5.82 Å². The number of carbonyl (C=O) groups excluding carboxylic acids is 3. The fourth-order valence-corrected chi connectivity index (χ4v) is 5.19. The Morgan fingerprint density at radius 2 is 1.64 bits per heavy atom. The lowest BCUT2D eigenvalue weighted by Gasteiger charge is -2.41. The van der Waals surface area contributed by atoms with Crippen molar-refractivity contribution >= 4 is 34.8 Å². The monoisotopic (exact) mass is 569 g/mol. The molecule has 0 spiro atoms. The van der Waals surface area contributed by atoms with Crippen LogP contribution in [-0.4, -0.2) is 70.5 Å². The van der Waals surface area contributed by atoms with Crippen molar-refractivity contribution in [2.24, 2.45) is 0 Å². The van der Waals surface area contributed by atoms with Gasteiger partial charge in [-0.3, -0.25) is 9.59 Å². The van der Waals surface area contributed by atoms with Crippen LogP contribution in [0.1, 0.15) is 42.7 Å². The van der Waals surface area contributed by atoms with Gasteiger partial charge in [0.2, 0.25) is 5.91 Å². The smallest absolute Gasteiger partial charge is 0.408 e. The lowest BCUT2D eigenvalue weighted by molar-refractivity contribution is -0.118. The molecule has 2 aromatic heterocycles. The van der Waals surface area contributed by atoms with Crippen LogP contribution in [0.3, 0.4) is 0 Å². The van der Waals surface area contributed by atoms with Gasteiger partial charge < -0.3 is 30.6 Å². The topological polar surface area (TPSA) is 141 Å². The number of nitrogens with one attached hydrogen (secondary N) is 4. The standard InChI is InChI=1S/C31H35N7O4/c1-3-32-30(41)42-31(23-12-8-5-9-13-23)14-18-38(19-15-31)29(40)25-20-24-27(34-17-16-33-21(2)39)36-26(37-28(24)35-25)22-10-6-4-7-11-22/h4-13,20H,3,14-19H2,1-2H3,(H,32,41)(H,33,39)(H2,34,35,36,37). The fourth-order valence-electron chi connectivity index (χ4n) is 5.19. The molecule has 1 fully saturated rings. The molecule has 2 aromatic carbocycles. The zero-order valence-electron chi connectivity index (χ0n) is 23.8. The largest absolute Gasteiger partial charge is 0.438 e. The number of fused-ring (bicyclic) bond motifs is 1. The van der Waals surface area contributed by atoms with Crippen LogP contribution in [0.5, 0.6) is 0 Å². The molecule has 4 N–H and O–H groups in total. The van der Waals surface area contributed by atoms with Gasteiger partial charge in [-0.1, -0.05) is 60.7 Å². The van der Waals surface area contributed by atoms with Crippen molar-refractivity contribution in [3.05, 3.63) is 78.0 Å². The minimum absolute atomic E-state index is 0.113. The highest BCUT2D eigenvalue weighted by Gasteiger charge is 2.41. The molecule has 0 atom stereocenters. The van der Waals surface area contributed by atoms with E-state index in [9.17, 15) is 14.4 Å². The maximum Gasteiger partial charge on any atom is 0.408 e. The molecule has 0 bridgehead atoms. The average Bonchev–Trinajstić information content (AvgIpc) is 3.45. The van der Waals surface area contributed by atoms with Crippen molar-refractivity contribution in [2.75, 3.05) is 38.0 Å². The van der Waals surface area contributed by atoms with Gasteiger partial charge in [-0.15, -0.1) is 0 Å². The van der Waals surface area contributed by atoms with Crippen molar-refractivity contribution < 1.29 is 19.1 Å². The zero-order valence-corrected chi connectivity index (χ0v) is 23.8. The Labute approximate surface area is 244 Å². The summed E-state index contributed by atoms with van der Waals surface area (Å²) in [5.41, 5.74) is 1.86. The van der Waals surface area contributed by atoms with Gasteiger partial charge in [0.25, 0.3) is 5.91 Å². The van der Waals surface area contributed by atoms with Crippen LogP contribution in [-0.2, 0) is 15.1 Å². The third-order valence-corrected chi connectivity index (χ3v) is 7.31. The van der Waals surface area contributed by atoms with Gasteiger partial charge >= 0.3 is 6.09 Å². The molecule has 0 unspecified atom stereocenters. The van der Waals surface area contributed by atoms with E-state index in [-0.39, 0.29) is 11.8 Å². The maximum atomic E-state index is 13.7. The van der Waals surface area contributed by atoms with Crippen molar-refractivity contribution in [2.45, 2.75) is 32.3 Å². The second-order valence-electron chi connectivity index (χ2n) is 10.2. The third-order valence-electron chi connectivity index (χ3n) is 7.31. The van der Waals surface area contributed by atoms with Crippen molar-refractivity contribution in [3.63, 3.8) is 0 Å². The Kier molecular flexibility index (Phi) is 8.66. The number of likely N-dealkylation sites (tertiary alicyclic amines) is 1. The summed E-state index contributed by atoms with van der Waals surface area (Å²) in [5.74, 6) is 0.798. The number of hydrogen-bond acceptors (Lipinski definition) is 7. The molecule has 1 aliphatic rings. The normalized spacial score (nSPS) is 14.3. The van der Waals surface area contributed by atoms with Crippen LogP contribution in [0, 0.1) is 0 Å². The number of ether oxygens (including phenoxy) is 1. The van der Waals surface area contributed by atoms with E-state index in [4.69, 9.17) is 14.7 Å². The third kappa shape index (κ3) is 6.35. The Morgan fingerprint density at radius 1 is 0.952 bits per heavy atom. The van der Waals surface area contributed by atoms with Gasteiger partial charge in [-0.25, -0.2) is 14.8 Å². The number of amides is 3. The Bertz CT molecular complexity index is 1550. The molecule has 3 heterocycles. The fraction of sp³-hybridized carbons (Fsp3) is 0.323. The molecular formula is C31H35N7O4. The minimum Gasteiger partial charge on any atom is -0.438 e. The van der Waals surface area contributed by atoms with Gasteiger partial charge in [-0.2, -0.15) is 0 Å². The quantitative estimate of drug-likeness (QED) is 0.223. The molecular weight excluding hydrogens is 534 g/mol. The molecule has 11 heteroatoms. The summed E-state index contributed by atoms with van der Waals surface area (Å²) in [6.45, 7) is 5.47. The van der Waals surface area contributed by atoms with Crippen molar-refractivity contribution in [1.82, 2.24) is 30.5 Å². The summed E-state index contributed by atoms with van der Waals surface area (Å²) < 4.78 is 5.97. The molecule has 42 heavy (non-hydrogen) atoms. The number of aromatic amines is 1. The summed E-state index contributed by atoms with van der Waals surface area (Å²) in [7, 11) is 0. The van der Waals surface area contributed by atoms with E-state index in [1.165, 1.54) is 6.92 Å². The number of rotatable bonds is 9. The summed E-state index contributed by atoms with van der Waals surface area (Å²) >= 11 is 0. The minimum atomic E-state index is -0.821. The maximum absolute atomic E-state index is 13.7. The van der Waals surface area contributed by atoms with Gasteiger partial charge in [0.05, 0.1) is 5.39 Å². The van der Waals surface area contributed by atoms with E-state index in [0.29, 0.717) is 73.9 Å². The first-order valence-corrected chi connectivity index (χ1v) is 14.1. The zero-order chi connectivity index (χ0) is 29.5. The number of anilines is 1. The average molecular weight is 570 g/mol. The molecule has 11 nitrogen and oxygen atoms in total. The Balaban J connectivity index is 1.38. The SMILES string of the molecule is CCNC(=O)OC1(c2ccccc2)CCN(C(=O)c2cc3c(NCCNC(C)=O)nc(-c4ccccc4)nc3[nH]2)CC1. The number of alkyl carbamates (subject to hydrolysis) is 1. The number of benzene rings is 2. The van der Waals surface area contributed by atoms with E-state index in [1.807, 2.05) is 67.6 Å². The highest BCUT2D eigenvalue weighted by molar-refractivity contribution is 6.00. The summed E-state index contributed by atoms with van der Waals surface area (Å²) in [6.07, 6.45) is 0.463. The summed E-state index contributed by atoms with van der Waals surface area (Å²) in [6, 6.07) is 21.0. The lowest BCUT2D eigenvalue weighted by atomic mass is 9.84. The summed E-state index contributed by atoms with van der Waals surface area (Å²) in [5, 5.41) is 9.44. The van der Waals surface area contributed by atoms with Crippen LogP contribution in [0.4, 0.5) is 10.6 Å². The van der Waals surface area contributed by atoms with E-state index >= 15 is 0 Å². The number of piperidine rings is 1. The van der Waals surface area contributed by atoms with Crippen LogP contribution < -0.4 is 16.0 Å². The van der Waals surface area contributed by atoms with Crippen molar-refractivity contribution in [1.29, 1.82) is 0 Å². The highest BCUT2D eigenvalue weighted by atomic mass is 16.6. The van der Waals surface area contributed by atoms with Crippen LogP contribution in [0.15, 0.2) is 66.7 Å². The van der Waals surface area contributed by atoms with E-state index in [0.717, 1.165) is 11.1 Å². The Morgan fingerprint density at radius 3 is 2.31 bits per heavy atom. The second kappa shape index (κ2) is 12.7. The molecule has 1 saturated heterocycles. The number of H-pyrrole nitrogens is 1. The molecule has 0 saturated carbocycles. The number of hydrogen-bond donors (Lipinski definition) is 4. The van der Waals surface area contributed by atoms with E-state index in [2.05, 4.69) is 20.9 Å². The molecule has 218 valence electrons. The lowest BCUT2D eigenvalue weighted by Crippen LogP contribution is -2.48. The predicted octanol–water partition coefficient (Wildman–Crippen LogP) is 4.05. The van der Waals surface area contributed by atoms with Gasteiger partial charge in [0.1, 0.15) is 22.8 Å². The van der Waals surface area contributed by atoms with Gasteiger partial charge in [-0.05, 0) is 18.6 Å².